The van der Waals surface area contributed by atoms with Crippen molar-refractivity contribution in [1.82, 2.24) is 0 Å². The van der Waals surface area contributed by atoms with Gasteiger partial charge in [0, 0.05) is 7.05 Å². The van der Waals surface area contributed by atoms with Gasteiger partial charge in [-0.05, 0) is 30.3 Å². The molecule has 26 heavy (non-hydrogen) atoms. The lowest BCUT2D eigenvalue weighted by Gasteiger charge is -2.23. The molecule has 0 saturated carbocycles. The highest BCUT2D eigenvalue weighted by atomic mass is 35.5. The van der Waals surface area contributed by atoms with Crippen molar-refractivity contribution in [2.45, 2.75) is 11.1 Å². The van der Waals surface area contributed by atoms with E-state index in [4.69, 9.17) is 39.5 Å². The zero-order chi connectivity index (χ0) is 19.9. The molecule has 0 saturated heterocycles. The second-order valence-corrected chi connectivity index (χ2v) is 8.13. The van der Waals surface area contributed by atoms with Gasteiger partial charge >= 0.3 is 6.18 Å². The van der Waals surface area contributed by atoms with Gasteiger partial charge < -0.3 is 4.74 Å². The van der Waals surface area contributed by atoms with E-state index < -0.39 is 26.7 Å². The van der Waals surface area contributed by atoms with Crippen LogP contribution in [0.2, 0.25) is 15.1 Å². The third kappa shape index (κ3) is 3.83. The van der Waals surface area contributed by atoms with Crippen LogP contribution in [-0.4, -0.2) is 22.6 Å². The summed E-state index contributed by atoms with van der Waals surface area (Å²) in [5.74, 6) is 0.148. The molecule has 0 spiro atoms. The van der Waals surface area contributed by atoms with E-state index in [9.17, 15) is 21.6 Å². The van der Waals surface area contributed by atoms with Crippen molar-refractivity contribution in [2.75, 3.05) is 18.5 Å². The maximum atomic E-state index is 12.9. The molecular formula is C15H11Cl3F3NO3S. The summed E-state index contributed by atoms with van der Waals surface area (Å²) in [4.78, 5) is -0.402. The quantitative estimate of drug-likeness (QED) is 0.620. The molecule has 0 unspecified atom stereocenters. The fourth-order valence-corrected chi connectivity index (χ4v) is 4.39. The van der Waals surface area contributed by atoms with Gasteiger partial charge in [0.2, 0.25) is 0 Å². The van der Waals surface area contributed by atoms with E-state index in [1.807, 2.05) is 0 Å². The highest BCUT2D eigenvalue weighted by molar-refractivity contribution is 7.93. The fourth-order valence-electron chi connectivity index (χ4n) is 2.08. The predicted octanol–water partition coefficient (Wildman–Crippen LogP) is 5.50. The Morgan fingerprint density at radius 2 is 1.65 bits per heavy atom. The standard InChI is InChI=1S/C15H11Cl3F3NO3S/c1-22(10-7-8(15(19,20)21)3-4-9(10)16)26(23,24)12-6-5-11(25-2)13(17)14(12)18/h3-7H,1-2H3. The van der Waals surface area contributed by atoms with E-state index >= 15 is 0 Å². The molecule has 0 N–H and O–H groups in total. The zero-order valence-electron chi connectivity index (χ0n) is 13.2. The predicted molar refractivity (Wildman–Crippen MR) is 95.1 cm³/mol. The van der Waals surface area contributed by atoms with Gasteiger partial charge in [0.05, 0.1) is 28.4 Å². The van der Waals surface area contributed by atoms with E-state index in [2.05, 4.69) is 0 Å². The van der Waals surface area contributed by atoms with Crippen LogP contribution in [0.1, 0.15) is 5.56 Å². The minimum absolute atomic E-state index is 0.140. The molecule has 0 aliphatic heterocycles. The Labute approximate surface area is 163 Å². The molecule has 2 aromatic rings. The third-order valence-electron chi connectivity index (χ3n) is 3.48. The Kier molecular flexibility index (Phi) is 5.92. The molecule has 0 fully saturated rings. The number of methoxy groups -OCH3 is 1. The number of benzene rings is 2. The molecule has 142 valence electrons. The summed E-state index contributed by atoms with van der Waals surface area (Å²) in [6.07, 6.45) is -4.66. The molecule has 0 atom stereocenters. The second-order valence-electron chi connectivity index (χ2n) is 5.03. The minimum Gasteiger partial charge on any atom is -0.495 e. The summed E-state index contributed by atoms with van der Waals surface area (Å²) < 4.78 is 69.9. The van der Waals surface area contributed by atoms with Crippen LogP contribution in [0.4, 0.5) is 18.9 Å². The monoisotopic (exact) mass is 447 g/mol. The van der Waals surface area contributed by atoms with Crippen LogP contribution in [0.5, 0.6) is 5.75 Å². The van der Waals surface area contributed by atoms with Crippen molar-refractivity contribution in [1.29, 1.82) is 0 Å². The molecule has 0 bridgehead atoms. The molecule has 2 rings (SSSR count). The normalized spacial score (nSPS) is 12.2. The van der Waals surface area contributed by atoms with Gasteiger partial charge in [0.15, 0.2) is 0 Å². The van der Waals surface area contributed by atoms with Crippen molar-refractivity contribution in [2.24, 2.45) is 0 Å². The lowest BCUT2D eigenvalue weighted by molar-refractivity contribution is -0.137. The number of rotatable bonds is 4. The molecule has 0 heterocycles. The van der Waals surface area contributed by atoms with Gasteiger partial charge in [-0.25, -0.2) is 8.42 Å². The van der Waals surface area contributed by atoms with Crippen LogP contribution in [0.3, 0.4) is 0 Å². The molecular weight excluding hydrogens is 438 g/mol. The number of nitrogens with zero attached hydrogens (tertiary/aromatic N) is 1. The van der Waals surface area contributed by atoms with E-state index in [0.717, 1.165) is 25.2 Å². The first-order valence-corrected chi connectivity index (χ1v) is 9.36. The van der Waals surface area contributed by atoms with E-state index in [-0.39, 0.29) is 26.5 Å². The first kappa shape index (κ1) is 21.0. The highest BCUT2D eigenvalue weighted by Gasteiger charge is 2.33. The van der Waals surface area contributed by atoms with Gasteiger partial charge in [-0.2, -0.15) is 13.2 Å². The summed E-state index contributed by atoms with van der Waals surface area (Å²) in [5.41, 5.74) is -1.40. The van der Waals surface area contributed by atoms with Crippen molar-refractivity contribution < 1.29 is 26.3 Å². The Bertz CT molecular complexity index is 949. The van der Waals surface area contributed by atoms with E-state index in [0.29, 0.717) is 10.4 Å². The Hall–Kier alpha value is -1.35. The SMILES string of the molecule is COc1ccc(S(=O)(=O)N(C)c2cc(C(F)(F)F)ccc2Cl)c(Cl)c1Cl. The topological polar surface area (TPSA) is 46.6 Å². The molecule has 0 aliphatic carbocycles. The van der Waals surface area contributed by atoms with Crippen molar-refractivity contribution in [3.63, 3.8) is 0 Å². The van der Waals surface area contributed by atoms with Crippen LogP contribution in [-0.2, 0) is 16.2 Å². The molecule has 2 aromatic carbocycles. The van der Waals surface area contributed by atoms with Crippen LogP contribution in [0, 0.1) is 0 Å². The van der Waals surface area contributed by atoms with Gasteiger partial charge in [-0.3, -0.25) is 4.31 Å². The first-order chi connectivity index (χ1) is 11.9. The molecule has 4 nitrogen and oxygen atoms in total. The summed E-state index contributed by atoms with van der Waals surface area (Å²) in [7, 11) is -1.96. The largest absolute Gasteiger partial charge is 0.495 e. The maximum absolute atomic E-state index is 12.9. The Morgan fingerprint density at radius 3 is 2.19 bits per heavy atom. The molecule has 0 amide bonds. The van der Waals surface area contributed by atoms with Crippen LogP contribution < -0.4 is 9.04 Å². The van der Waals surface area contributed by atoms with E-state index in [1.165, 1.54) is 13.2 Å². The fraction of sp³-hybridized carbons (Fsp3) is 0.200. The number of sulfonamides is 1. The van der Waals surface area contributed by atoms with Gasteiger partial charge in [-0.1, -0.05) is 34.8 Å². The van der Waals surface area contributed by atoms with Gasteiger partial charge in [0.1, 0.15) is 15.7 Å². The summed E-state index contributed by atoms with van der Waals surface area (Å²) in [6.45, 7) is 0. The van der Waals surface area contributed by atoms with Crippen molar-refractivity contribution >= 4 is 50.5 Å². The van der Waals surface area contributed by atoms with Gasteiger partial charge in [-0.15, -0.1) is 0 Å². The summed E-state index contributed by atoms with van der Waals surface area (Å²) >= 11 is 17.9. The van der Waals surface area contributed by atoms with Crippen LogP contribution >= 0.6 is 34.8 Å². The molecule has 0 aliphatic rings. The van der Waals surface area contributed by atoms with Crippen LogP contribution in [0.15, 0.2) is 35.2 Å². The number of ether oxygens (including phenoxy) is 1. The second kappa shape index (κ2) is 7.34. The lowest BCUT2D eigenvalue weighted by atomic mass is 10.2. The van der Waals surface area contributed by atoms with Gasteiger partial charge in [0.25, 0.3) is 10.0 Å². The lowest BCUT2D eigenvalue weighted by Crippen LogP contribution is -2.27. The first-order valence-electron chi connectivity index (χ1n) is 6.79. The zero-order valence-corrected chi connectivity index (χ0v) is 16.3. The average molecular weight is 449 g/mol. The Morgan fingerprint density at radius 1 is 1.04 bits per heavy atom. The Balaban J connectivity index is 2.60. The number of anilines is 1. The number of hydrogen-bond donors (Lipinski definition) is 0. The van der Waals surface area contributed by atoms with E-state index in [1.54, 1.807) is 0 Å². The highest BCUT2D eigenvalue weighted by Crippen LogP contribution is 2.40. The number of alkyl halides is 3. The smallest absolute Gasteiger partial charge is 0.416 e. The summed E-state index contributed by atoms with van der Waals surface area (Å²) in [5, 5.41) is -0.639. The van der Waals surface area contributed by atoms with Crippen molar-refractivity contribution in [3.8, 4) is 5.75 Å². The molecule has 0 radical (unpaired) electrons. The molecule has 0 aromatic heterocycles. The van der Waals surface area contributed by atoms with Crippen LogP contribution in [0.25, 0.3) is 0 Å². The maximum Gasteiger partial charge on any atom is 0.416 e. The van der Waals surface area contributed by atoms with Crippen molar-refractivity contribution in [3.05, 3.63) is 51.0 Å². The minimum atomic E-state index is -4.66. The summed E-state index contributed by atoms with van der Waals surface area (Å²) in [6, 6.07) is 4.78. The number of hydrogen-bond acceptors (Lipinski definition) is 3. The molecule has 11 heteroatoms. The average Bonchev–Trinajstić information content (AvgIpc) is 2.55. The third-order valence-corrected chi connectivity index (χ3v) is 6.59. The number of halogens is 6.